The zero-order valence-corrected chi connectivity index (χ0v) is 26.1. The lowest BCUT2D eigenvalue weighted by Crippen LogP contribution is -1.98. The van der Waals surface area contributed by atoms with Crippen LogP contribution in [0.25, 0.3) is 98.9 Å². The van der Waals surface area contributed by atoms with E-state index in [1.54, 1.807) is 0 Å². The lowest BCUT2D eigenvalue weighted by molar-refractivity contribution is 1.19. The van der Waals surface area contributed by atoms with E-state index < -0.39 is 0 Å². The van der Waals surface area contributed by atoms with Crippen LogP contribution >= 0.6 is 0 Å². The van der Waals surface area contributed by atoms with Crippen molar-refractivity contribution in [3.63, 3.8) is 0 Å². The highest BCUT2D eigenvalue weighted by atomic mass is 14.9. The Balaban J connectivity index is 1.29. The summed E-state index contributed by atoms with van der Waals surface area (Å²) in [5.74, 6) is 0.727. The Kier molecular flexibility index (Phi) is 5.91. The van der Waals surface area contributed by atoms with E-state index in [2.05, 4.69) is 158 Å². The summed E-state index contributed by atoms with van der Waals surface area (Å²) in [7, 11) is 0. The summed E-state index contributed by atoms with van der Waals surface area (Å²) in [5, 5.41) is 12.4. The van der Waals surface area contributed by atoms with Gasteiger partial charge in [-0.15, -0.1) is 0 Å². The summed E-state index contributed by atoms with van der Waals surface area (Å²) in [4.78, 5) is 10.6. The van der Waals surface area contributed by atoms with Gasteiger partial charge in [0.15, 0.2) is 5.82 Å². The monoisotopic (exact) mass is 608 g/mol. The van der Waals surface area contributed by atoms with Crippen LogP contribution in [0.15, 0.2) is 170 Å². The van der Waals surface area contributed by atoms with Gasteiger partial charge in [0.25, 0.3) is 0 Å². The van der Waals surface area contributed by atoms with E-state index in [9.17, 15) is 0 Å². The third kappa shape index (κ3) is 4.13. The molecule has 0 bridgehead atoms. The summed E-state index contributed by atoms with van der Waals surface area (Å²) in [6.45, 7) is 0. The van der Waals surface area contributed by atoms with Gasteiger partial charge in [0.05, 0.1) is 11.4 Å². The molecule has 0 radical (unpaired) electrons. The summed E-state index contributed by atoms with van der Waals surface area (Å²) >= 11 is 0. The summed E-state index contributed by atoms with van der Waals surface area (Å²) in [6, 6.07) is 60.8. The maximum absolute atomic E-state index is 5.29. The fourth-order valence-corrected chi connectivity index (χ4v) is 7.65. The second kappa shape index (κ2) is 10.6. The highest BCUT2D eigenvalue weighted by Crippen LogP contribution is 2.45. The predicted octanol–water partition coefficient (Wildman–Crippen LogP) is 12.3. The summed E-state index contributed by atoms with van der Waals surface area (Å²) < 4.78 is 0. The van der Waals surface area contributed by atoms with E-state index in [1.807, 2.05) is 12.1 Å². The van der Waals surface area contributed by atoms with Crippen LogP contribution in [-0.4, -0.2) is 9.97 Å². The predicted molar refractivity (Wildman–Crippen MR) is 202 cm³/mol. The van der Waals surface area contributed by atoms with Crippen molar-refractivity contribution < 1.29 is 0 Å². The Bertz CT molecular complexity index is 2640. The maximum Gasteiger partial charge on any atom is 0.161 e. The largest absolute Gasteiger partial charge is 0.228 e. The number of hydrogen-bond donors (Lipinski definition) is 0. The molecule has 2 heteroatoms. The van der Waals surface area contributed by atoms with Crippen molar-refractivity contribution in [3.05, 3.63) is 170 Å². The Morgan fingerprint density at radius 3 is 1.21 bits per heavy atom. The van der Waals surface area contributed by atoms with Crippen LogP contribution in [0.4, 0.5) is 0 Å². The second-order valence-corrected chi connectivity index (χ2v) is 12.5. The molecule has 222 valence electrons. The third-order valence-corrected chi connectivity index (χ3v) is 9.77. The van der Waals surface area contributed by atoms with Crippen molar-refractivity contribution in [1.29, 1.82) is 0 Å². The van der Waals surface area contributed by atoms with Gasteiger partial charge < -0.3 is 0 Å². The van der Waals surface area contributed by atoms with Gasteiger partial charge in [0.2, 0.25) is 0 Å². The van der Waals surface area contributed by atoms with Crippen LogP contribution in [-0.2, 0) is 0 Å². The zero-order chi connectivity index (χ0) is 31.6. The quantitative estimate of drug-likeness (QED) is 0.147. The topological polar surface area (TPSA) is 25.8 Å². The van der Waals surface area contributed by atoms with Crippen molar-refractivity contribution in [2.75, 3.05) is 0 Å². The van der Waals surface area contributed by atoms with Crippen molar-refractivity contribution in [2.24, 2.45) is 0 Å². The molecule has 0 aliphatic rings. The molecule has 0 spiro atoms. The van der Waals surface area contributed by atoms with Crippen molar-refractivity contribution in [3.8, 4) is 45.0 Å². The number of benzene rings is 9. The van der Waals surface area contributed by atoms with Crippen LogP contribution in [0.2, 0.25) is 0 Å². The molecule has 0 fully saturated rings. The van der Waals surface area contributed by atoms with E-state index in [-0.39, 0.29) is 0 Å². The number of nitrogens with zero attached hydrogens (tertiary/aromatic N) is 2. The van der Waals surface area contributed by atoms with Crippen molar-refractivity contribution in [1.82, 2.24) is 9.97 Å². The zero-order valence-electron chi connectivity index (χ0n) is 26.1. The van der Waals surface area contributed by atoms with E-state index in [0.29, 0.717) is 0 Å². The first kappa shape index (κ1) is 26.8. The minimum Gasteiger partial charge on any atom is -0.228 e. The van der Waals surface area contributed by atoms with E-state index in [1.165, 1.54) is 54.2 Å². The Morgan fingerprint density at radius 2 is 0.708 bits per heavy atom. The smallest absolute Gasteiger partial charge is 0.161 e. The average molecular weight is 609 g/mol. The third-order valence-electron chi connectivity index (χ3n) is 9.77. The fraction of sp³-hybridized carbons (Fsp3) is 0. The molecule has 0 unspecified atom stereocenters. The molecular formula is C46H28N2. The Morgan fingerprint density at radius 1 is 0.292 bits per heavy atom. The van der Waals surface area contributed by atoms with Gasteiger partial charge in [-0.3, -0.25) is 0 Å². The first-order chi connectivity index (χ1) is 23.8. The van der Waals surface area contributed by atoms with Crippen LogP contribution in [0.3, 0.4) is 0 Å². The van der Waals surface area contributed by atoms with Gasteiger partial charge in [-0.2, -0.15) is 0 Å². The molecule has 1 heterocycles. The van der Waals surface area contributed by atoms with Crippen LogP contribution < -0.4 is 0 Å². The minimum atomic E-state index is 0.727. The SMILES string of the molecule is c1ccc(-c2cc(-c3ccccc3)nc(-c3c4ccccc4c(-c4cc5ccc6cccc7ccc(c4)c5c67)c4ccccc34)n2)cc1. The van der Waals surface area contributed by atoms with Crippen molar-refractivity contribution >= 4 is 53.9 Å². The van der Waals surface area contributed by atoms with Gasteiger partial charge >= 0.3 is 0 Å². The maximum atomic E-state index is 5.29. The highest BCUT2D eigenvalue weighted by Gasteiger charge is 2.21. The molecule has 0 aliphatic carbocycles. The molecule has 0 saturated carbocycles. The molecule has 10 rings (SSSR count). The first-order valence-electron chi connectivity index (χ1n) is 16.4. The van der Waals surface area contributed by atoms with Crippen LogP contribution in [0.5, 0.6) is 0 Å². The normalized spacial score (nSPS) is 11.8. The van der Waals surface area contributed by atoms with Gasteiger partial charge in [0.1, 0.15) is 0 Å². The lowest BCUT2D eigenvalue weighted by atomic mass is 9.86. The molecule has 2 nitrogen and oxygen atoms in total. The van der Waals surface area contributed by atoms with Crippen LogP contribution in [0.1, 0.15) is 0 Å². The van der Waals surface area contributed by atoms with Crippen molar-refractivity contribution in [2.45, 2.75) is 0 Å². The number of rotatable bonds is 4. The molecule has 9 aromatic carbocycles. The van der Waals surface area contributed by atoms with E-state index >= 15 is 0 Å². The molecule has 0 saturated heterocycles. The molecule has 48 heavy (non-hydrogen) atoms. The van der Waals surface area contributed by atoms with Gasteiger partial charge in [-0.1, -0.05) is 152 Å². The van der Waals surface area contributed by atoms with Gasteiger partial charge in [0, 0.05) is 16.7 Å². The van der Waals surface area contributed by atoms with E-state index in [4.69, 9.17) is 9.97 Å². The number of aromatic nitrogens is 2. The Hall–Kier alpha value is -6.38. The second-order valence-electron chi connectivity index (χ2n) is 12.5. The summed E-state index contributed by atoms with van der Waals surface area (Å²) in [5.41, 5.74) is 7.45. The molecule has 10 aromatic rings. The summed E-state index contributed by atoms with van der Waals surface area (Å²) in [6.07, 6.45) is 0. The van der Waals surface area contributed by atoms with Gasteiger partial charge in [-0.05, 0) is 83.2 Å². The fourth-order valence-electron chi connectivity index (χ4n) is 7.65. The molecule has 0 N–H and O–H groups in total. The Labute approximate surface area is 277 Å². The molecule has 1 aromatic heterocycles. The molecule has 0 aliphatic heterocycles. The lowest BCUT2D eigenvalue weighted by Gasteiger charge is -2.19. The molecule has 0 atom stereocenters. The highest BCUT2D eigenvalue weighted by molar-refractivity contribution is 6.26. The van der Waals surface area contributed by atoms with Gasteiger partial charge in [-0.25, -0.2) is 9.97 Å². The molecular weight excluding hydrogens is 581 g/mol. The number of hydrogen-bond acceptors (Lipinski definition) is 2. The minimum absolute atomic E-state index is 0.727. The first-order valence-corrected chi connectivity index (χ1v) is 16.4. The van der Waals surface area contributed by atoms with Crippen LogP contribution in [0, 0.1) is 0 Å². The number of fused-ring (bicyclic) bond motifs is 2. The standard InChI is InChI=1S/C46H28N2/c1-3-12-29(13-4-1)40-28-41(30-14-5-2-6-15-30)48-46(47-40)45-38-20-9-7-18-36(38)44(37-19-8-10-21-39(37)45)35-26-33-24-22-31-16-11-17-32-23-25-34(27-35)43(33)42(31)32/h1-28H. The van der Waals surface area contributed by atoms with E-state index in [0.717, 1.165) is 44.7 Å². The average Bonchev–Trinajstić information content (AvgIpc) is 3.16. The molecule has 0 amide bonds.